The van der Waals surface area contributed by atoms with E-state index in [1.54, 1.807) is 46.8 Å². The maximum Gasteiger partial charge on any atom is 0.408 e. The van der Waals surface area contributed by atoms with Gasteiger partial charge in [-0.25, -0.2) is 4.79 Å². The van der Waals surface area contributed by atoms with E-state index < -0.39 is 29.6 Å². The molecule has 0 fully saturated rings. The number of anilines is 1. The van der Waals surface area contributed by atoms with Crippen molar-refractivity contribution < 1.29 is 24.2 Å². The van der Waals surface area contributed by atoms with Crippen LogP contribution in [0.5, 0.6) is 5.75 Å². The number of phenolic OH excluding ortho intramolecular Hbond substituents is 1. The smallest absolute Gasteiger partial charge is 0.408 e. The average molecular weight is 470 g/mol. The second-order valence-electron chi connectivity index (χ2n) is 9.24. The summed E-state index contributed by atoms with van der Waals surface area (Å²) in [5.41, 5.74) is 2.91. The zero-order valence-corrected chi connectivity index (χ0v) is 21.0. The normalized spacial score (nSPS) is 12.0. The van der Waals surface area contributed by atoms with Crippen molar-refractivity contribution in [2.24, 2.45) is 0 Å². The van der Waals surface area contributed by atoms with Gasteiger partial charge in [0.05, 0.1) is 0 Å². The van der Waals surface area contributed by atoms with Crippen LogP contribution in [0.4, 0.5) is 10.5 Å². The molecule has 0 aliphatic rings. The Hall–Kier alpha value is -3.55. The van der Waals surface area contributed by atoms with E-state index in [1.165, 1.54) is 11.0 Å². The fourth-order valence-electron chi connectivity index (χ4n) is 3.59. The first kappa shape index (κ1) is 26.7. The van der Waals surface area contributed by atoms with Gasteiger partial charge in [0, 0.05) is 12.2 Å². The van der Waals surface area contributed by atoms with Gasteiger partial charge < -0.3 is 25.4 Å². The van der Waals surface area contributed by atoms with Gasteiger partial charge in [-0.15, -0.1) is 0 Å². The molecule has 1 atom stereocenters. The van der Waals surface area contributed by atoms with Crippen molar-refractivity contribution in [3.63, 3.8) is 0 Å². The van der Waals surface area contributed by atoms with Gasteiger partial charge in [0.1, 0.15) is 23.9 Å². The van der Waals surface area contributed by atoms with Crippen molar-refractivity contribution in [2.75, 3.05) is 18.4 Å². The molecule has 2 aromatic rings. The van der Waals surface area contributed by atoms with Crippen molar-refractivity contribution >= 4 is 23.6 Å². The summed E-state index contributed by atoms with van der Waals surface area (Å²) < 4.78 is 5.20. The van der Waals surface area contributed by atoms with Gasteiger partial charge in [-0.3, -0.25) is 9.59 Å². The third-order valence-corrected chi connectivity index (χ3v) is 5.27. The predicted molar refractivity (Wildman–Crippen MR) is 132 cm³/mol. The largest absolute Gasteiger partial charge is 0.508 e. The van der Waals surface area contributed by atoms with Gasteiger partial charge >= 0.3 is 6.09 Å². The summed E-state index contributed by atoms with van der Waals surface area (Å²) in [5.74, 6) is -0.741. The van der Waals surface area contributed by atoms with E-state index >= 15 is 0 Å². The highest BCUT2D eigenvalue weighted by Gasteiger charge is 2.31. The Labute approximate surface area is 201 Å². The zero-order valence-electron chi connectivity index (χ0n) is 21.0. The number of rotatable bonds is 7. The van der Waals surface area contributed by atoms with Gasteiger partial charge in [-0.1, -0.05) is 24.3 Å². The molecule has 0 heterocycles. The minimum absolute atomic E-state index is 0.0959. The average Bonchev–Trinajstić information content (AvgIpc) is 2.73. The van der Waals surface area contributed by atoms with Gasteiger partial charge in [0.2, 0.25) is 5.91 Å². The summed E-state index contributed by atoms with van der Waals surface area (Å²) in [7, 11) is 0. The van der Waals surface area contributed by atoms with Crippen LogP contribution in [0.1, 0.15) is 56.0 Å². The number of benzene rings is 2. The topological polar surface area (TPSA) is 108 Å². The fraction of sp³-hybridized carbons (Fsp3) is 0.423. The quantitative estimate of drug-likeness (QED) is 0.558. The maximum absolute atomic E-state index is 13.6. The number of aromatic hydroxyl groups is 1. The van der Waals surface area contributed by atoms with E-state index in [-0.39, 0.29) is 18.8 Å². The third kappa shape index (κ3) is 6.97. The van der Waals surface area contributed by atoms with Crippen molar-refractivity contribution in [1.29, 1.82) is 0 Å². The number of para-hydroxylation sites is 1. The Morgan fingerprint density at radius 3 is 2.18 bits per heavy atom. The fourth-order valence-corrected chi connectivity index (χ4v) is 3.59. The molecular formula is C26H35N3O5. The van der Waals surface area contributed by atoms with Crippen molar-refractivity contribution in [2.45, 2.75) is 60.1 Å². The molecule has 3 N–H and O–H groups in total. The summed E-state index contributed by atoms with van der Waals surface area (Å²) in [5, 5.41) is 15.4. The Morgan fingerprint density at radius 1 is 1.03 bits per heavy atom. The molecule has 1 unspecified atom stereocenters. The van der Waals surface area contributed by atoms with Crippen molar-refractivity contribution in [3.8, 4) is 5.75 Å². The van der Waals surface area contributed by atoms with Crippen LogP contribution >= 0.6 is 0 Å². The Balaban J connectivity index is 2.36. The lowest BCUT2D eigenvalue weighted by Crippen LogP contribution is -2.46. The highest BCUT2D eigenvalue weighted by atomic mass is 16.6. The molecule has 0 spiro atoms. The highest BCUT2D eigenvalue weighted by Crippen LogP contribution is 2.29. The number of ether oxygens (including phenoxy) is 1. The van der Waals surface area contributed by atoms with Gasteiger partial charge in [-0.05, 0) is 82.9 Å². The minimum atomic E-state index is -0.976. The number of carbonyl (C=O) groups is 3. The second-order valence-corrected chi connectivity index (χ2v) is 9.24. The molecule has 0 aromatic heterocycles. The van der Waals surface area contributed by atoms with Crippen LogP contribution in [0.3, 0.4) is 0 Å². The number of likely N-dealkylation sites (N-methyl/N-ethyl adjacent to an activating group) is 1. The van der Waals surface area contributed by atoms with E-state index in [1.807, 2.05) is 32.0 Å². The van der Waals surface area contributed by atoms with E-state index in [2.05, 4.69) is 10.6 Å². The Kier molecular flexibility index (Phi) is 8.68. The Morgan fingerprint density at radius 2 is 1.65 bits per heavy atom. The van der Waals surface area contributed by atoms with E-state index in [0.29, 0.717) is 16.8 Å². The maximum atomic E-state index is 13.6. The summed E-state index contributed by atoms with van der Waals surface area (Å²) in [6.07, 6.45) is -0.714. The second kappa shape index (κ2) is 11.0. The molecule has 8 nitrogen and oxygen atoms in total. The first-order valence-corrected chi connectivity index (χ1v) is 11.3. The standard InChI is InChI=1S/C26H35N3O5/c1-8-29(21(31)15-27-25(33)34-26(5,6)7)23(19-12-13-20(30)18(4)14-19)24(32)28-22-16(2)10-9-11-17(22)3/h9-14,23,30H,8,15H2,1-7H3,(H,27,33)(H,28,32). The molecule has 34 heavy (non-hydrogen) atoms. The molecule has 0 bridgehead atoms. The molecule has 0 aliphatic heterocycles. The molecule has 2 rings (SSSR count). The lowest BCUT2D eigenvalue weighted by atomic mass is 10.0. The number of aryl methyl sites for hydroxylation is 3. The first-order valence-electron chi connectivity index (χ1n) is 11.3. The highest BCUT2D eigenvalue weighted by molar-refractivity contribution is 5.99. The molecule has 2 aromatic carbocycles. The Bertz CT molecular complexity index is 1040. The third-order valence-electron chi connectivity index (χ3n) is 5.27. The SMILES string of the molecule is CCN(C(=O)CNC(=O)OC(C)(C)C)C(C(=O)Nc1c(C)cccc1C)c1ccc(O)c(C)c1. The summed E-state index contributed by atoms with van der Waals surface area (Å²) in [6.45, 7) is 12.4. The van der Waals surface area contributed by atoms with Crippen LogP contribution in [0.2, 0.25) is 0 Å². The van der Waals surface area contributed by atoms with E-state index in [0.717, 1.165) is 11.1 Å². The zero-order chi connectivity index (χ0) is 25.6. The molecule has 0 saturated heterocycles. The van der Waals surface area contributed by atoms with Crippen LogP contribution in [0, 0.1) is 20.8 Å². The molecule has 3 amide bonds. The number of nitrogens with one attached hydrogen (secondary N) is 2. The van der Waals surface area contributed by atoms with Crippen LogP contribution < -0.4 is 10.6 Å². The minimum Gasteiger partial charge on any atom is -0.508 e. The number of alkyl carbamates (subject to hydrolysis) is 1. The molecule has 0 aliphatic carbocycles. The van der Waals surface area contributed by atoms with E-state index in [9.17, 15) is 19.5 Å². The molecule has 8 heteroatoms. The number of hydrogen-bond acceptors (Lipinski definition) is 5. The summed E-state index contributed by atoms with van der Waals surface area (Å²) in [6, 6.07) is 9.53. The summed E-state index contributed by atoms with van der Waals surface area (Å²) in [4.78, 5) is 40.1. The molecule has 184 valence electrons. The number of phenols is 1. The monoisotopic (exact) mass is 469 g/mol. The number of hydrogen-bond donors (Lipinski definition) is 3. The molecule has 0 radical (unpaired) electrons. The van der Waals surface area contributed by atoms with Gasteiger partial charge in [-0.2, -0.15) is 0 Å². The number of amides is 3. The molecule has 0 saturated carbocycles. The van der Waals surface area contributed by atoms with Crippen LogP contribution in [0.25, 0.3) is 0 Å². The first-order chi connectivity index (χ1) is 15.8. The number of carbonyl (C=O) groups excluding carboxylic acids is 3. The predicted octanol–water partition coefficient (Wildman–Crippen LogP) is 4.37. The summed E-state index contributed by atoms with van der Waals surface area (Å²) >= 11 is 0. The lowest BCUT2D eigenvalue weighted by molar-refractivity contribution is -0.138. The van der Waals surface area contributed by atoms with Gasteiger partial charge in [0.15, 0.2) is 0 Å². The van der Waals surface area contributed by atoms with E-state index in [4.69, 9.17) is 4.74 Å². The van der Waals surface area contributed by atoms with Crippen molar-refractivity contribution in [1.82, 2.24) is 10.2 Å². The van der Waals surface area contributed by atoms with Crippen LogP contribution in [-0.2, 0) is 14.3 Å². The van der Waals surface area contributed by atoms with Crippen molar-refractivity contribution in [3.05, 3.63) is 58.7 Å². The van der Waals surface area contributed by atoms with Crippen LogP contribution in [0.15, 0.2) is 36.4 Å². The van der Waals surface area contributed by atoms with Gasteiger partial charge in [0.25, 0.3) is 5.91 Å². The number of nitrogens with zero attached hydrogens (tertiary/aromatic N) is 1. The molecular weight excluding hydrogens is 434 g/mol. The van der Waals surface area contributed by atoms with Crippen LogP contribution in [-0.4, -0.2) is 46.6 Å². The lowest BCUT2D eigenvalue weighted by Gasteiger charge is -2.31.